The van der Waals surface area contributed by atoms with Crippen molar-refractivity contribution in [3.63, 3.8) is 0 Å². The summed E-state index contributed by atoms with van der Waals surface area (Å²) in [6.07, 6.45) is 0.304. The van der Waals surface area contributed by atoms with Gasteiger partial charge in [-0.05, 0) is 41.5 Å². The van der Waals surface area contributed by atoms with Crippen molar-refractivity contribution < 1.29 is 38.1 Å². The Kier molecular flexibility index (Phi) is 12.2. The van der Waals surface area contributed by atoms with E-state index >= 15 is 0 Å². The van der Waals surface area contributed by atoms with Crippen LogP contribution < -0.4 is 0 Å². The number of hydrogen-bond donors (Lipinski definition) is 0. The molecule has 0 rings (SSSR count). The molecular weight excluding hydrogens is 396 g/mol. The number of amides is 2. The maximum Gasteiger partial charge on any atom is 0.410 e. The molecule has 0 aliphatic heterocycles. The fraction of sp³-hybridized carbons (Fsp3) is 0.700. The number of carbonyl (C=O) groups excluding carboxylic acids is 4. The van der Waals surface area contributed by atoms with E-state index in [0.717, 1.165) is 12.2 Å². The lowest BCUT2D eigenvalue weighted by atomic mass is 10.3. The van der Waals surface area contributed by atoms with Gasteiger partial charge in [-0.1, -0.05) is 0 Å². The molecule has 0 N–H and O–H groups in total. The number of ether oxygens (including phenoxy) is 4. The Bertz CT molecular complexity index is 566. The van der Waals surface area contributed by atoms with Crippen molar-refractivity contribution in [1.29, 1.82) is 0 Å². The summed E-state index contributed by atoms with van der Waals surface area (Å²) in [6, 6.07) is -0.829. The summed E-state index contributed by atoms with van der Waals surface area (Å²) < 4.78 is 20.1. The molecule has 0 fully saturated rings. The average Bonchev–Trinajstić information content (AvgIpc) is 2.65. The van der Waals surface area contributed by atoms with Crippen LogP contribution in [0.15, 0.2) is 12.2 Å². The summed E-state index contributed by atoms with van der Waals surface area (Å²) in [4.78, 5) is 49.7. The van der Waals surface area contributed by atoms with E-state index in [9.17, 15) is 19.2 Å². The van der Waals surface area contributed by atoms with E-state index < -0.39 is 36.2 Å². The lowest BCUT2D eigenvalue weighted by Gasteiger charge is -2.24. The molecule has 0 aliphatic rings. The van der Waals surface area contributed by atoms with Crippen LogP contribution in [-0.2, 0) is 28.5 Å². The molecule has 2 amide bonds. The number of esters is 2. The molecule has 0 unspecified atom stereocenters. The fourth-order valence-corrected chi connectivity index (χ4v) is 1.79. The maximum absolute atomic E-state index is 11.8. The molecule has 0 aliphatic carbocycles. The minimum absolute atomic E-state index is 0.0678. The molecule has 0 saturated carbocycles. The predicted octanol–water partition coefficient (Wildman–Crippen LogP) is 2.36. The SMILES string of the molecule is CC(C)OC(=O)N(C)[C@H](C)COC(=O)/C=C/C(=O)OC[C@@H](C)N(C)C(=O)OC(C)C. The molecular formula is C20H34N2O8. The molecule has 0 aromatic carbocycles. The van der Waals surface area contributed by atoms with Crippen molar-refractivity contribution >= 4 is 24.1 Å². The van der Waals surface area contributed by atoms with Gasteiger partial charge in [0.2, 0.25) is 0 Å². The summed E-state index contributed by atoms with van der Waals surface area (Å²) in [7, 11) is 3.07. The van der Waals surface area contributed by atoms with Gasteiger partial charge < -0.3 is 28.7 Å². The zero-order valence-electron chi connectivity index (χ0n) is 19.0. The van der Waals surface area contributed by atoms with Crippen molar-refractivity contribution in [3.05, 3.63) is 12.2 Å². The van der Waals surface area contributed by atoms with Gasteiger partial charge in [0, 0.05) is 26.2 Å². The lowest BCUT2D eigenvalue weighted by Crippen LogP contribution is -2.39. The Labute approximate surface area is 178 Å². The van der Waals surface area contributed by atoms with E-state index in [2.05, 4.69) is 0 Å². The summed E-state index contributed by atoms with van der Waals surface area (Å²) in [5.74, 6) is -1.51. The molecule has 0 aromatic rings. The van der Waals surface area contributed by atoms with Crippen LogP contribution in [0.2, 0.25) is 0 Å². The molecule has 172 valence electrons. The first-order chi connectivity index (χ1) is 13.8. The Morgan fingerprint density at radius 3 is 1.23 bits per heavy atom. The van der Waals surface area contributed by atoms with Gasteiger partial charge in [0.15, 0.2) is 0 Å². The van der Waals surface area contributed by atoms with E-state index in [4.69, 9.17) is 18.9 Å². The standard InChI is InChI=1S/C20H34N2O8/c1-13(2)29-19(25)21(7)15(5)11-27-17(23)9-10-18(24)28-12-16(6)22(8)20(26)30-14(3)4/h9-10,13-16H,11-12H2,1-8H3/b10-9+/t15-,16-/m1/s1. The van der Waals surface area contributed by atoms with Crippen LogP contribution in [0.25, 0.3) is 0 Å². The van der Waals surface area contributed by atoms with E-state index in [1.54, 1.807) is 41.5 Å². The number of rotatable bonds is 10. The summed E-state index contributed by atoms with van der Waals surface area (Å²) in [5.41, 5.74) is 0. The summed E-state index contributed by atoms with van der Waals surface area (Å²) >= 11 is 0. The van der Waals surface area contributed by atoms with Gasteiger partial charge in [0.1, 0.15) is 13.2 Å². The predicted molar refractivity (Wildman–Crippen MR) is 109 cm³/mol. The third-order valence-electron chi connectivity index (χ3n) is 3.86. The Hall–Kier alpha value is -2.78. The monoisotopic (exact) mass is 430 g/mol. The van der Waals surface area contributed by atoms with Crippen LogP contribution in [0.3, 0.4) is 0 Å². The van der Waals surface area contributed by atoms with Crippen LogP contribution in [-0.4, -0.2) is 85.5 Å². The van der Waals surface area contributed by atoms with Crippen LogP contribution in [0.5, 0.6) is 0 Å². The molecule has 10 heteroatoms. The third-order valence-corrected chi connectivity index (χ3v) is 3.86. The summed E-state index contributed by atoms with van der Waals surface area (Å²) in [5, 5.41) is 0. The van der Waals surface area contributed by atoms with Crippen molar-refractivity contribution in [1.82, 2.24) is 9.80 Å². The maximum atomic E-state index is 11.8. The van der Waals surface area contributed by atoms with Crippen molar-refractivity contribution in [3.8, 4) is 0 Å². The minimum atomic E-state index is -0.755. The first kappa shape index (κ1) is 27.2. The fourth-order valence-electron chi connectivity index (χ4n) is 1.79. The minimum Gasteiger partial charge on any atom is -0.460 e. The highest BCUT2D eigenvalue weighted by Crippen LogP contribution is 2.04. The van der Waals surface area contributed by atoms with Crippen LogP contribution >= 0.6 is 0 Å². The smallest absolute Gasteiger partial charge is 0.410 e. The van der Waals surface area contributed by atoms with Crippen molar-refractivity contribution in [2.24, 2.45) is 0 Å². The first-order valence-corrected chi connectivity index (χ1v) is 9.73. The van der Waals surface area contributed by atoms with Crippen LogP contribution in [0, 0.1) is 0 Å². The average molecular weight is 430 g/mol. The Morgan fingerprint density at radius 1 is 0.667 bits per heavy atom. The van der Waals surface area contributed by atoms with Gasteiger partial charge in [-0.2, -0.15) is 0 Å². The highest BCUT2D eigenvalue weighted by molar-refractivity contribution is 5.91. The molecule has 2 atom stereocenters. The molecule has 0 aromatic heterocycles. The molecule has 0 heterocycles. The van der Waals surface area contributed by atoms with Crippen LogP contribution in [0.1, 0.15) is 41.5 Å². The number of carbonyl (C=O) groups is 4. The zero-order chi connectivity index (χ0) is 23.4. The molecule has 0 saturated heterocycles. The van der Waals surface area contributed by atoms with E-state index in [1.165, 1.54) is 23.9 Å². The molecule has 0 bridgehead atoms. The third kappa shape index (κ3) is 11.3. The van der Waals surface area contributed by atoms with Gasteiger partial charge in [-0.25, -0.2) is 19.2 Å². The van der Waals surface area contributed by atoms with Gasteiger partial charge in [0.05, 0.1) is 24.3 Å². The normalized spacial score (nSPS) is 13.0. The zero-order valence-corrected chi connectivity index (χ0v) is 19.0. The van der Waals surface area contributed by atoms with E-state index in [-0.39, 0.29) is 25.4 Å². The second-order valence-electron chi connectivity index (χ2n) is 7.38. The Morgan fingerprint density at radius 2 is 0.967 bits per heavy atom. The molecule has 0 radical (unpaired) electrons. The highest BCUT2D eigenvalue weighted by Gasteiger charge is 2.20. The summed E-state index contributed by atoms with van der Waals surface area (Å²) in [6.45, 7) is 10.2. The topological polar surface area (TPSA) is 112 Å². The van der Waals surface area contributed by atoms with Crippen LogP contribution in [0.4, 0.5) is 9.59 Å². The van der Waals surface area contributed by atoms with Gasteiger partial charge in [-0.3, -0.25) is 0 Å². The second-order valence-corrected chi connectivity index (χ2v) is 7.38. The largest absolute Gasteiger partial charge is 0.460 e. The molecule has 0 spiro atoms. The quantitative estimate of drug-likeness (QED) is 0.295. The Balaban J connectivity index is 4.34. The first-order valence-electron chi connectivity index (χ1n) is 9.73. The highest BCUT2D eigenvalue weighted by atomic mass is 16.6. The lowest BCUT2D eigenvalue weighted by molar-refractivity contribution is -0.141. The number of likely N-dealkylation sites (N-methyl/N-ethyl adjacent to an activating group) is 2. The van der Waals surface area contributed by atoms with Gasteiger partial charge >= 0.3 is 24.1 Å². The number of nitrogens with zero attached hydrogens (tertiary/aromatic N) is 2. The molecule has 10 nitrogen and oxygen atoms in total. The van der Waals surface area contributed by atoms with Crippen molar-refractivity contribution in [2.75, 3.05) is 27.3 Å². The van der Waals surface area contributed by atoms with E-state index in [0.29, 0.717) is 0 Å². The van der Waals surface area contributed by atoms with E-state index in [1.807, 2.05) is 0 Å². The van der Waals surface area contributed by atoms with Crippen molar-refractivity contribution in [2.45, 2.75) is 65.8 Å². The van der Waals surface area contributed by atoms with Gasteiger partial charge in [-0.15, -0.1) is 0 Å². The molecule has 30 heavy (non-hydrogen) atoms. The number of hydrogen-bond acceptors (Lipinski definition) is 8. The second kappa shape index (κ2) is 13.4. The van der Waals surface area contributed by atoms with Gasteiger partial charge in [0.25, 0.3) is 0 Å².